The fourth-order valence-electron chi connectivity index (χ4n) is 2.57. The lowest BCUT2D eigenvalue weighted by Crippen LogP contribution is -2.37. The quantitative estimate of drug-likeness (QED) is 0.676. The van der Waals surface area contributed by atoms with E-state index < -0.39 is 0 Å². The zero-order valence-corrected chi connectivity index (χ0v) is 13.4. The molecule has 5 nitrogen and oxygen atoms in total. The van der Waals surface area contributed by atoms with E-state index in [4.69, 9.17) is 0 Å². The summed E-state index contributed by atoms with van der Waals surface area (Å²) in [7, 11) is 0. The molecule has 0 aliphatic rings. The zero-order chi connectivity index (χ0) is 16.9. The Labute approximate surface area is 139 Å². The third-order valence-corrected chi connectivity index (χ3v) is 3.76. The Morgan fingerprint density at radius 3 is 2.58 bits per heavy atom. The maximum absolute atomic E-state index is 12.5. The number of benzene rings is 2. The number of H-pyrrole nitrogens is 1. The van der Waals surface area contributed by atoms with E-state index in [1.807, 2.05) is 55.5 Å². The van der Waals surface area contributed by atoms with Crippen molar-refractivity contribution in [2.24, 2.45) is 0 Å². The monoisotopic (exact) mass is 321 g/mol. The van der Waals surface area contributed by atoms with Crippen molar-refractivity contribution in [1.82, 2.24) is 10.3 Å². The summed E-state index contributed by atoms with van der Waals surface area (Å²) in [4.78, 5) is 27.0. The molecule has 1 unspecified atom stereocenters. The molecule has 1 aromatic heterocycles. The first kappa shape index (κ1) is 15.8. The van der Waals surface area contributed by atoms with Gasteiger partial charge < -0.3 is 15.6 Å². The SMILES string of the molecule is CC(CNc1ccccc1)NC(=O)c1cc(=O)[nH]c2ccccc12. The normalized spacial score (nSPS) is 11.9. The number of pyridine rings is 1. The van der Waals surface area contributed by atoms with Gasteiger partial charge in [0, 0.05) is 35.2 Å². The first-order valence-corrected chi connectivity index (χ1v) is 7.85. The molecule has 0 saturated carbocycles. The summed E-state index contributed by atoms with van der Waals surface area (Å²) in [6.07, 6.45) is 0. The molecular formula is C19H19N3O2. The summed E-state index contributed by atoms with van der Waals surface area (Å²) in [5, 5.41) is 6.93. The Balaban J connectivity index is 1.72. The molecule has 0 saturated heterocycles. The van der Waals surface area contributed by atoms with Crippen molar-refractivity contribution in [2.45, 2.75) is 13.0 Å². The van der Waals surface area contributed by atoms with Gasteiger partial charge in [-0.3, -0.25) is 9.59 Å². The fraction of sp³-hybridized carbons (Fsp3) is 0.158. The molecule has 1 amide bonds. The van der Waals surface area contributed by atoms with E-state index in [0.717, 1.165) is 11.1 Å². The molecular weight excluding hydrogens is 302 g/mol. The molecule has 24 heavy (non-hydrogen) atoms. The number of amides is 1. The number of nitrogens with one attached hydrogen (secondary N) is 3. The first-order chi connectivity index (χ1) is 11.6. The number of carbonyl (C=O) groups is 1. The van der Waals surface area contributed by atoms with E-state index in [1.54, 1.807) is 6.07 Å². The first-order valence-electron chi connectivity index (χ1n) is 7.85. The number of rotatable bonds is 5. The van der Waals surface area contributed by atoms with Crippen LogP contribution in [0, 0.1) is 0 Å². The molecule has 1 heterocycles. The van der Waals surface area contributed by atoms with Crippen LogP contribution in [0.15, 0.2) is 65.5 Å². The van der Waals surface area contributed by atoms with Crippen LogP contribution in [0.4, 0.5) is 5.69 Å². The molecule has 3 rings (SSSR count). The van der Waals surface area contributed by atoms with Gasteiger partial charge in [-0.25, -0.2) is 0 Å². The predicted octanol–water partition coefficient (Wildman–Crippen LogP) is 2.76. The summed E-state index contributed by atoms with van der Waals surface area (Å²) >= 11 is 0. The molecule has 5 heteroatoms. The van der Waals surface area contributed by atoms with Crippen LogP contribution in [0.2, 0.25) is 0 Å². The van der Waals surface area contributed by atoms with E-state index in [2.05, 4.69) is 15.6 Å². The Morgan fingerprint density at radius 2 is 1.79 bits per heavy atom. The fourth-order valence-corrected chi connectivity index (χ4v) is 2.57. The molecule has 122 valence electrons. The summed E-state index contributed by atoms with van der Waals surface area (Å²) in [6, 6.07) is 18.3. The highest BCUT2D eigenvalue weighted by molar-refractivity contribution is 6.06. The number of hydrogen-bond acceptors (Lipinski definition) is 3. The maximum Gasteiger partial charge on any atom is 0.252 e. The number of anilines is 1. The minimum Gasteiger partial charge on any atom is -0.383 e. The number of para-hydroxylation sites is 2. The Hall–Kier alpha value is -3.08. The zero-order valence-electron chi connectivity index (χ0n) is 13.4. The van der Waals surface area contributed by atoms with Crippen LogP contribution in [0.5, 0.6) is 0 Å². The minimum atomic E-state index is -0.283. The second-order valence-electron chi connectivity index (χ2n) is 5.71. The van der Waals surface area contributed by atoms with E-state index in [9.17, 15) is 9.59 Å². The van der Waals surface area contributed by atoms with Crippen molar-refractivity contribution in [3.63, 3.8) is 0 Å². The van der Waals surface area contributed by atoms with E-state index in [1.165, 1.54) is 6.07 Å². The second kappa shape index (κ2) is 7.00. The summed E-state index contributed by atoms with van der Waals surface area (Å²) in [5.41, 5.74) is 1.76. The van der Waals surface area contributed by atoms with Crippen LogP contribution in [0.3, 0.4) is 0 Å². The molecule has 0 radical (unpaired) electrons. The lowest BCUT2D eigenvalue weighted by Gasteiger charge is -2.16. The van der Waals surface area contributed by atoms with Crippen molar-refractivity contribution in [3.8, 4) is 0 Å². The number of aromatic amines is 1. The average Bonchev–Trinajstić information content (AvgIpc) is 2.60. The van der Waals surface area contributed by atoms with Crippen LogP contribution in [0.25, 0.3) is 10.9 Å². The largest absolute Gasteiger partial charge is 0.383 e. The Bertz CT molecular complexity index is 903. The van der Waals surface area contributed by atoms with Gasteiger partial charge in [0.05, 0.1) is 5.56 Å². The molecule has 0 spiro atoms. The van der Waals surface area contributed by atoms with E-state index >= 15 is 0 Å². The Kier molecular flexibility index (Phi) is 4.61. The third-order valence-electron chi connectivity index (χ3n) is 3.76. The highest BCUT2D eigenvalue weighted by Gasteiger charge is 2.14. The maximum atomic E-state index is 12.5. The lowest BCUT2D eigenvalue weighted by molar-refractivity contribution is 0.0943. The van der Waals surface area contributed by atoms with Crippen LogP contribution in [-0.2, 0) is 0 Å². The summed E-state index contributed by atoms with van der Waals surface area (Å²) in [6.45, 7) is 2.51. The van der Waals surface area contributed by atoms with Gasteiger partial charge >= 0.3 is 0 Å². The average molecular weight is 321 g/mol. The number of fused-ring (bicyclic) bond motifs is 1. The van der Waals surface area contributed by atoms with Crippen LogP contribution < -0.4 is 16.2 Å². The van der Waals surface area contributed by atoms with Crippen LogP contribution in [0.1, 0.15) is 17.3 Å². The van der Waals surface area contributed by atoms with Crippen LogP contribution >= 0.6 is 0 Å². The van der Waals surface area contributed by atoms with Crippen molar-refractivity contribution in [2.75, 3.05) is 11.9 Å². The van der Waals surface area contributed by atoms with Crippen LogP contribution in [-0.4, -0.2) is 23.5 Å². The van der Waals surface area contributed by atoms with Gasteiger partial charge in [-0.2, -0.15) is 0 Å². The van der Waals surface area contributed by atoms with Crippen molar-refractivity contribution in [3.05, 3.63) is 76.6 Å². The van der Waals surface area contributed by atoms with E-state index in [-0.39, 0.29) is 17.5 Å². The van der Waals surface area contributed by atoms with Gasteiger partial charge in [-0.05, 0) is 25.1 Å². The number of carbonyl (C=O) groups excluding carboxylic acids is 1. The molecule has 0 bridgehead atoms. The molecule has 3 aromatic rings. The van der Waals surface area contributed by atoms with Gasteiger partial charge in [0.25, 0.3) is 5.91 Å². The highest BCUT2D eigenvalue weighted by atomic mass is 16.2. The molecule has 3 N–H and O–H groups in total. The highest BCUT2D eigenvalue weighted by Crippen LogP contribution is 2.14. The lowest BCUT2D eigenvalue weighted by atomic mass is 10.1. The van der Waals surface area contributed by atoms with Gasteiger partial charge in [-0.1, -0.05) is 36.4 Å². The van der Waals surface area contributed by atoms with Gasteiger partial charge in [-0.15, -0.1) is 0 Å². The smallest absolute Gasteiger partial charge is 0.252 e. The van der Waals surface area contributed by atoms with E-state index in [0.29, 0.717) is 17.6 Å². The minimum absolute atomic E-state index is 0.0873. The molecule has 0 fully saturated rings. The molecule has 2 aromatic carbocycles. The van der Waals surface area contributed by atoms with Crippen molar-refractivity contribution < 1.29 is 4.79 Å². The van der Waals surface area contributed by atoms with Gasteiger partial charge in [0.15, 0.2) is 0 Å². The molecule has 1 atom stereocenters. The standard InChI is InChI=1S/C19H19N3O2/c1-13(12-20-14-7-3-2-4-8-14)21-19(24)16-11-18(23)22-17-10-6-5-9-15(16)17/h2-11,13,20H,12H2,1H3,(H,21,24)(H,22,23). The topological polar surface area (TPSA) is 74.0 Å². The third kappa shape index (κ3) is 3.63. The second-order valence-corrected chi connectivity index (χ2v) is 5.71. The molecule has 0 aliphatic carbocycles. The van der Waals surface area contributed by atoms with Gasteiger partial charge in [0.1, 0.15) is 0 Å². The van der Waals surface area contributed by atoms with Crippen molar-refractivity contribution in [1.29, 1.82) is 0 Å². The Morgan fingerprint density at radius 1 is 1.08 bits per heavy atom. The molecule has 0 aliphatic heterocycles. The summed E-state index contributed by atoms with van der Waals surface area (Å²) < 4.78 is 0. The summed E-state index contributed by atoms with van der Waals surface area (Å²) in [5.74, 6) is -0.250. The van der Waals surface area contributed by atoms with Gasteiger partial charge in [0.2, 0.25) is 5.56 Å². The van der Waals surface area contributed by atoms with Crippen molar-refractivity contribution >= 4 is 22.5 Å². The number of hydrogen-bond donors (Lipinski definition) is 3. The number of aromatic nitrogens is 1. The predicted molar refractivity (Wildman–Crippen MR) is 96.4 cm³/mol.